The van der Waals surface area contributed by atoms with E-state index in [0.29, 0.717) is 0 Å². The summed E-state index contributed by atoms with van der Waals surface area (Å²) in [6, 6.07) is 91.2. The van der Waals surface area contributed by atoms with Crippen LogP contribution < -0.4 is 26.2 Å². The van der Waals surface area contributed by atoms with Crippen molar-refractivity contribution in [3.63, 3.8) is 0 Å². The Hall–Kier alpha value is -8.14. The van der Waals surface area contributed by atoms with E-state index in [1.807, 2.05) is 0 Å². The normalized spacial score (nSPS) is 12.3. The van der Waals surface area contributed by atoms with Gasteiger partial charge in [0.05, 0.1) is 0 Å². The predicted octanol–water partition coefficient (Wildman–Crippen LogP) is 14.1. The van der Waals surface area contributed by atoms with Crippen molar-refractivity contribution in [1.82, 2.24) is 0 Å². The molecule has 0 unspecified atom stereocenters. The number of anilines is 6. The van der Waals surface area contributed by atoms with Crippen LogP contribution in [0, 0.1) is 0 Å². The molecule has 12 rings (SSSR count). The Morgan fingerprint density at radius 2 is 0.683 bits per heavy atom. The summed E-state index contributed by atoms with van der Waals surface area (Å²) in [5.41, 5.74) is 22.8. The third kappa shape index (κ3) is 6.28. The number of benzene rings is 10. The molecule has 0 spiro atoms. The summed E-state index contributed by atoms with van der Waals surface area (Å²) in [5.74, 6) is 0. The Morgan fingerprint density at radius 1 is 0.254 bits per heavy atom. The van der Waals surface area contributed by atoms with E-state index >= 15 is 0 Å². The zero-order valence-corrected chi connectivity index (χ0v) is 34.6. The molecule has 0 atom stereocenters. The molecule has 63 heavy (non-hydrogen) atoms. The van der Waals surface area contributed by atoms with E-state index in [4.69, 9.17) is 0 Å². The van der Waals surface area contributed by atoms with Gasteiger partial charge in [0, 0.05) is 34.1 Å². The molecule has 0 N–H and O–H groups in total. The van der Waals surface area contributed by atoms with Gasteiger partial charge in [-0.1, -0.05) is 200 Å². The Kier molecular flexibility index (Phi) is 8.97. The van der Waals surface area contributed by atoms with Gasteiger partial charge in [0.15, 0.2) is 0 Å². The van der Waals surface area contributed by atoms with E-state index in [-0.39, 0.29) is 6.71 Å². The summed E-state index contributed by atoms with van der Waals surface area (Å²) in [6.45, 7) is -0.0170. The standard InChI is InChI=1S/C60H41BN2/c1-7-21-42(22-8-1)47-35-36-56-54(37-47)61-53-33-19-20-34-55(53)62(49-31-17-6-18-32-49)57-38-48(43-23-9-2-10-24-43)39-58(60(57)61)63(56)50-40-51(44-25-11-3-12-26-44)59(46-29-15-5-16-30-46)52(41-50)45-27-13-4-14-28-45/h1-41H. The second-order valence-corrected chi connectivity index (χ2v) is 16.4. The number of para-hydroxylation sites is 2. The average Bonchev–Trinajstić information content (AvgIpc) is 3.37. The minimum absolute atomic E-state index is 0.0170. The highest BCUT2D eigenvalue weighted by molar-refractivity contribution is 7.00. The van der Waals surface area contributed by atoms with Crippen LogP contribution in [0.4, 0.5) is 34.1 Å². The molecule has 0 aliphatic carbocycles. The molecule has 2 heterocycles. The van der Waals surface area contributed by atoms with Crippen LogP contribution in [0.3, 0.4) is 0 Å². The van der Waals surface area contributed by atoms with Gasteiger partial charge in [-0.15, -0.1) is 0 Å². The Labute approximate surface area is 369 Å². The van der Waals surface area contributed by atoms with E-state index in [9.17, 15) is 0 Å². The molecule has 0 saturated heterocycles. The van der Waals surface area contributed by atoms with Gasteiger partial charge in [0.1, 0.15) is 0 Å². The molecule has 0 aromatic heterocycles. The molecule has 10 aromatic rings. The highest BCUT2D eigenvalue weighted by Gasteiger charge is 2.44. The van der Waals surface area contributed by atoms with Crippen LogP contribution in [0.2, 0.25) is 0 Å². The van der Waals surface area contributed by atoms with Crippen LogP contribution in [0.5, 0.6) is 0 Å². The molecule has 0 fully saturated rings. The second-order valence-electron chi connectivity index (χ2n) is 16.4. The van der Waals surface area contributed by atoms with E-state index in [1.54, 1.807) is 0 Å². The highest BCUT2D eigenvalue weighted by atomic mass is 15.2. The molecule has 2 aliphatic heterocycles. The van der Waals surface area contributed by atoms with Gasteiger partial charge in [-0.25, -0.2) is 0 Å². The number of hydrogen-bond donors (Lipinski definition) is 0. The maximum atomic E-state index is 2.57. The lowest BCUT2D eigenvalue weighted by Crippen LogP contribution is -2.61. The predicted molar refractivity (Wildman–Crippen MR) is 268 cm³/mol. The minimum atomic E-state index is -0.0170. The first-order valence-corrected chi connectivity index (χ1v) is 21.8. The summed E-state index contributed by atoms with van der Waals surface area (Å²) < 4.78 is 0. The van der Waals surface area contributed by atoms with Crippen LogP contribution in [0.25, 0.3) is 55.6 Å². The van der Waals surface area contributed by atoms with Crippen molar-refractivity contribution in [2.45, 2.75) is 0 Å². The number of fused-ring (bicyclic) bond motifs is 4. The third-order valence-electron chi connectivity index (χ3n) is 12.8. The van der Waals surface area contributed by atoms with Gasteiger partial charge in [-0.05, 0) is 121 Å². The maximum absolute atomic E-state index is 2.57. The van der Waals surface area contributed by atoms with Crippen LogP contribution >= 0.6 is 0 Å². The van der Waals surface area contributed by atoms with Crippen molar-refractivity contribution in [3.05, 3.63) is 249 Å². The van der Waals surface area contributed by atoms with Crippen LogP contribution in [-0.2, 0) is 0 Å². The maximum Gasteiger partial charge on any atom is 0.252 e. The van der Waals surface area contributed by atoms with E-state index in [1.165, 1.54) is 94.8 Å². The van der Waals surface area contributed by atoms with Crippen LogP contribution in [0.15, 0.2) is 249 Å². The van der Waals surface area contributed by atoms with Gasteiger partial charge in [0.2, 0.25) is 0 Å². The number of rotatable bonds is 7. The molecule has 0 bridgehead atoms. The topological polar surface area (TPSA) is 6.48 Å². The molecule has 2 nitrogen and oxygen atoms in total. The summed E-state index contributed by atoms with van der Waals surface area (Å²) in [4.78, 5) is 5.06. The van der Waals surface area contributed by atoms with Crippen LogP contribution in [-0.4, -0.2) is 6.71 Å². The fraction of sp³-hybridized carbons (Fsp3) is 0. The average molecular weight is 801 g/mol. The third-order valence-corrected chi connectivity index (χ3v) is 12.8. The fourth-order valence-electron chi connectivity index (χ4n) is 10.1. The number of nitrogens with zero attached hydrogens (tertiary/aromatic N) is 2. The van der Waals surface area contributed by atoms with E-state index in [2.05, 4.69) is 259 Å². The first-order valence-electron chi connectivity index (χ1n) is 21.8. The lowest BCUT2D eigenvalue weighted by Gasteiger charge is -2.44. The summed E-state index contributed by atoms with van der Waals surface area (Å²) >= 11 is 0. The van der Waals surface area contributed by atoms with E-state index in [0.717, 1.165) is 11.4 Å². The van der Waals surface area contributed by atoms with Gasteiger partial charge < -0.3 is 9.80 Å². The molecule has 0 radical (unpaired) electrons. The van der Waals surface area contributed by atoms with Crippen LogP contribution in [0.1, 0.15) is 0 Å². The molecular weight excluding hydrogens is 759 g/mol. The largest absolute Gasteiger partial charge is 0.311 e. The zero-order chi connectivity index (χ0) is 41.7. The molecule has 10 aromatic carbocycles. The van der Waals surface area contributed by atoms with Gasteiger partial charge >= 0.3 is 0 Å². The smallest absolute Gasteiger partial charge is 0.252 e. The van der Waals surface area contributed by atoms with E-state index < -0.39 is 0 Å². The van der Waals surface area contributed by atoms with Gasteiger partial charge in [-0.2, -0.15) is 0 Å². The van der Waals surface area contributed by atoms with Crippen molar-refractivity contribution in [1.29, 1.82) is 0 Å². The molecular formula is C60H41BN2. The molecule has 294 valence electrons. The zero-order valence-electron chi connectivity index (χ0n) is 34.6. The number of hydrogen-bond acceptors (Lipinski definition) is 2. The van der Waals surface area contributed by atoms with Crippen molar-refractivity contribution < 1.29 is 0 Å². The lowest BCUT2D eigenvalue weighted by atomic mass is 9.33. The molecule has 3 heteroatoms. The van der Waals surface area contributed by atoms with Gasteiger partial charge in [-0.3, -0.25) is 0 Å². The minimum Gasteiger partial charge on any atom is -0.311 e. The summed E-state index contributed by atoms with van der Waals surface area (Å²) in [5, 5.41) is 0. The van der Waals surface area contributed by atoms with Crippen molar-refractivity contribution in [2.24, 2.45) is 0 Å². The Bertz CT molecular complexity index is 3200. The summed E-state index contributed by atoms with van der Waals surface area (Å²) in [6.07, 6.45) is 0. The lowest BCUT2D eigenvalue weighted by molar-refractivity contribution is 1.25. The van der Waals surface area contributed by atoms with Gasteiger partial charge in [0.25, 0.3) is 6.71 Å². The molecule has 0 amide bonds. The first kappa shape index (κ1) is 36.7. The monoisotopic (exact) mass is 800 g/mol. The quantitative estimate of drug-likeness (QED) is 0.148. The summed E-state index contributed by atoms with van der Waals surface area (Å²) in [7, 11) is 0. The SMILES string of the molecule is c1ccc(-c2ccc3c(c2)B2c4ccccc4N(c4ccccc4)c4cc(-c5ccccc5)cc(c42)N3c2cc(-c3ccccc3)c(-c3ccccc3)c(-c3ccccc3)c2)cc1. The van der Waals surface area contributed by atoms with Crippen molar-refractivity contribution in [3.8, 4) is 55.6 Å². The first-order chi connectivity index (χ1) is 31.3. The molecule has 0 saturated carbocycles. The Morgan fingerprint density at radius 3 is 1.24 bits per heavy atom. The van der Waals surface area contributed by atoms with Crippen molar-refractivity contribution in [2.75, 3.05) is 9.80 Å². The van der Waals surface area contributed by atoms with Crippen molar-refractivity contribution >= 4 is 57.2 Å². The fourth-order valence-corrected chi connectivity index (χ4v) is 10.1. The Balaban J connectivity index is 1.22. The molecule has 2 aliphatic rings. The second kappa shape index (κ2) is 15.4. The highest BCUT2D eigenvalue weighted by Crippen LogP contribution is 2.50.